The molecule has 1 aliphatic heterocycles. The van der Waals surface area contributed by atoms with Crippen molar-refractivity contribution >= 4 is 15.9 Å². The Balaban J connectivity index is 1.85. The van der Waals surface area contributed by atoms with Gasteiger partial charge < -0.3 is 9.84 Å². The Morgan fingerprint density at radius 3 is 2.45 bits per heavy atom. The summed E-state index contributed by atoms with van der Waals surface area (Å²) in [6, 6.07) is 6.25. The second kappa shape index (κ2) is 7.41. The van der Waals surface area contributed by atoms with E-state index in [0.717, 1.165) is 49.5 Å². The second-order valence-corrected chi connectivity index (χ2v) is 6.25. The molecular formula is C15H23BrN2O2. The predicted octanol–water partition coefficient (Wildman–Crippen LogP) is 1.96. The number of rotatable bonds is 5. The monoisotopic (exact) mass is 342 g/mol. The number of benzene rings is 1. The number of methoxy groups -OCH3 is 1. The molecule has 0 aliphatic carbocycles. The Kier molecular flexibility index (Phi) is 5.84. The molecule has 1 aromatic rings. The highest BCUT2D eigenvalue weighted by molar-refractivity contribution is 9.10. The lowest BCUT2D eigenvalue weighted by atomic mass is 10.2. The molecule has 1 atom stereocenters. The van der Waals surface area contributed by atoms with Gasteiger partial charge in [0.05, 0.1) is 17.7 Å². The van der Waals surface area contributed by atoms with Crippen molar-refractivity contribution in [2.24, 2.45) is 0 Å². The summed E-state index contributed by atoms with van der Waals surface area (Å²) >= 11 is 3.53. The predicted molar refractivity (Wildman–Crippen MR) is 84.1 cm³/mol. The van der Waals surface area contributed by atoms with E-state index in [0.29, 0.717) is 0 Å². The van der Waals surface area contributed by atoms with Crippen LogP contribution in [0, 0.1) is 0 Å². The molecule has 2 rings (SSSR count). The van der Waals surface area contributed by atoms with Gasteiger partial charge in [0.1, 0.15) is 5.75 Å². The number of halogens is 1. The number of aliphatic hydroxyl groups is 1. The van der Waals surface area contributed by atoms with Crippen molar-refractivity contribution < 1.29 is 9.84 Å². The minimum absolute atomic E-state index is 0.237. The molecule has 0 saturated carbocycles. The minimum Gasteiger partial charge on any atom is -0.496 e. The van der Waals surface area contributed by atoms with E-state index in [9.17, 15) is 5.11 Å². The molecule has 1 fully saturated rings. The normalized spacial score (nSPS) is 19.0. The summed E-state index contributed by atoms with van der Waals surface area (Å²) in [6.45, 7) is 7.76. The molecule has 0 radical (unpaired) electrons. The average molecular weight is 343 g/mol. The molecule has 1 aliphatic rings. The van der Waals surface area contributed by atoms with Crippen molar-refractivity contribution in [2.45, 2.75) is 19.6 Å². The Morgan fingerprint density at radius 1 is 1.25 bits per heavy atom. The highest BCUT2D eigenvalue weighted by atomic mass is 79.9. The van der Waals surface area contributed by atoms with E-state index in [1.807, 2.05) is 13.0 Å². The van der Waals surface area contributed by atoms with E-state index in [-0.39, 0.29) is 6.10 Å². The number of ether oxygens (including phenoxy) is 1. The fourth-order valence-electron chi connectivity index (χ4n) is 2.57. The maximum atomic E-state index is 9.41. The van der Waals surface area contributed by atoms with Gasteiger partial charge in [0, 0.05) is 39.3 Å². The van der Waals surface area contributed by atoms with E-state index in [1.54, 1.807) is 7.11 Å². The molecule has 20 heavy (non-hydrogen) atoms. The van der Waals surface area contributed by atoms with Crippen LogP contribution in [0.2, 0.25) is 0 Å². The fraction of sp³-hybridized carbons (Fsp3) is 0.600. The lowest BCUT2D eigenvalue weighted by molar-refractivity contribution is 0.0781. The quantitative estimate of drug-likeness (QED) is 0.887. The van der Waals surface area contributed by atoms with Gasteiger partial charge in [0.15, 0.2) is 0 Å². The molecular weight excluding hydrogens is 320 g/mol. The van der Waals surface area contributed by atoms with Crippen molar-refractivity contribution in [2.75, 3.05) is 39.8 Å². The number of nitrogens with zero attached hydrogens (tertiary/aromatic N) is 2. The van der Waals surface area contributed by atoms with Crippen LogP contribution >= 0.6 is 15.9 Å². The van der Waals surface area contributed by atoms with Crippen LogP contribution in [0.5, 0.6) is 5.75 Å². The minimum atomic E-state index is -0.237. The largest absolute Gasteiger partial charge is 0.496 e. The third-order valence-electron chi connectivity index (χ3n) is 3.61. The van der Waals surface area contributed by atoms with E-state index in [4.69, 9.17) is 4.74 Å². The van der Waals surface area contributed by atoms with Gasteiger partial charge >= 0.3 is 0 Å². The maximum absolute atomic E-state index is 9.41. The van der Waals surface area contributed by atoms with Crippen LogP contribution in [0.4, 0.5) is 0 Å². The van der Waals surface area contributed by atoms with Gasteiger partial charge in [-0.2, -0.15) is 0 Å². The van der Waals surface area contributed by atoms with Gasteiger partial charge in [0.2, 0.25) is 0 Å². The molecule has 0 bridgehead atoms. The summed E-state index contributed by atoms with van der Waals surface area (Å²) in [5.41, 5.74) is 1.29. The van der Waals surface area contributed by atoms with E-state index >= 15 is 0 Å². The summed E-state index contributed by atoms with van der Waals surface area (Å²) in [6.07, 6.45) is -0.237. The standard InChI is InChI=1S/C15H23BrN2O2/c1-12(19)10-17-5-7-18(8-6-17)11-13-3-4-15(20-2)14(16)9-13/h3-4,9,12,19H,5-8,10-11H2,1-2H3/t12-/m0/s1. The third-order valence-corrected chi connectivity index (χ3v) is 4.23. The highest BCUT2D eigenvalue weighted by Crippen LogP contribution is 2.26. The summed E-state index contributed by atoms with van der Waals surface area (Å²) in [4.78, 5) is 4.78. The summed E-state index contributed by atoms with van der Waals surface area (Å²) in [7, 11) is 1.68. The fourth-order valence-corrected chi connectivity index (χ4v) is 3.16. The molecule has 5 heteroatoms. The average Bonchev–Trinajstić information content (AvgIpc) is 2.41. The van der Waals surface area contributed by atoms with Crippen LogP contribution in [0.3, 0.4) is 0 Å². The van der Waals surface area contributed by atoms with Crippen molar-refractivity contribution in [3.63, 3.8) is 0 Å². The number of aliphatic hydroxyl groups excluding tert-OH is 1. The van der Waals surface area contributed by atoms with Crippen LogP contribution in [0.15, 0.2) is 22.7 Å². The summed E-state index contributed by atoms with van der Waals surface area (Å²) in [5.74, 6) is 0.871. The van der Waals surface area contributed by atoms with Crippen molar-refractivity contribution in [1.82, 2.24) is 9.80 Å². The van der Waals surface area contributed by atoms with Gasteiger partial charge in [-0.15, -0.1) is 0 Å². The Morgan fingerprint density at radius 2 is 1.90 bits per heavy atom. The van der Waals surface area contributed by atoms with Crippen LogP contribution in [0.1, 0.15) is 12.5 Å². The van der Waals surface area contributed by atoms with E-state index in [2.05, 4.69) is 37.9 Å². The molecule has 112 valence electrons. The van der Waals surface area contributed by atoms with Crippen molar-refractivity contribution in [3.05, 3.63) is 28.2 Å². The topological polar surface area (TPSA) is 35.9 Å². The van der Waals surface area contributed by atoms with E-state index in [1.165, 1.54) is 5.56 Å². The number of piperazine rings is 1. The molecule has 1 heterocycles. The van der Waals surface area contributed by atoms with Crippen molar-refractivity contribution in [3.8, 4) is 5.75 Å². The van der Waals surface area contributed by atoms with Crippen LogP contribution in [-0.2, 0) is 6.54 Å². The summed E-state index contributed by atoms with van der Waals surface area (Å²) in [5, 5.41) is 9.41. The number of hydrogen-bond donors (Lipinski definition) is 1. The maximum Gasteiger partial charge on any atom is 0.133 e. The molecule has 0 spiro atoms. The van der Waals surface area contributed by atoms with E-state index < -0.39 is 0 Å². The van der Waals surface area contributed by atoms with Gasteiger partial charge in [-0.1, -0.05) is 6.07 Å². The summed E-state index contributed by atoms with van der Waals surface area (Å²) < 4.78 is 6.25. The molecule has 1 aromatic carbocycles. The third kappa shape index (κ3) is 4.45. The Labute approximate surface area is 129 Å². The lowest BCUT2D eigenvalue weighted by Crippen LogP contribution is -2.47. The zero-order valence-electron chi connectivity index (χ0n) is 12.2. The number of β-amino-alcohol motifs (C(OH)–C–C–N with tert-alkyl or cyclic N) is 1. The van der Waals surface area contributed by atoms with Crippen LogP contribution in [0.25, 0.3) is 0 Å². The smallest absolute Gasteiger partial charge is 0.133 e. The van der Waals surface area contributed by atoms with Crippen LogP contribution < -0.4 is 4.74 Å². The SMILES string of the molecule is COc1ccc(CN2CCN(C[C@H](C)O)CC2)cc1Br. The second-order valence-electron chi connectivity index (χ2n) is 5.39. The molecule has 1 N–H and O–H groups in total. The Bertz CT molecular complexity index is 432. The van der Waals surface area contributed by atoms with Crippen LogP contribution in [-0.4, -0.2) is 60.8 Å². The van der Waals surface area contributed by atoms with Gasteiger partial charge in [0.25, 0.3) is 0 Å². The van der Waals surface area contributed by atoms with Gasteiger partial charge in [-0.05, 0) is 40.5 Å². The Hall–Kier alpha value is -0.620. The van der Waals surface area contributed by atoms with Gasteiger partial charge in [-0.3, -0.25) is 9.80 Å². The zero-order valence-corrected chi connectivity index (χ0v) is 13.8. The first-order valence-corrected chi connectivity index (χ1v) is 7.83. The molecule has 0 amide bonds. The van der Waals surface area contributed by atoms with Gasteiger partial charge in [-0.25, -0.2) is 0 Å². The highest BCUT2D eigenvalue weighted by Gasteiger charge is 2.18. The first-order chi connectivity index (χ1) is 9.58. The van der Waals surface area contributed by atoms with Crippen molar-refractivity contribution in [1.29, 1.82) is 0 Å². The first kappa shape index (κ1) is 15.8. The molecule has 0 unspecified atom stereocenters. The molecule has 1 saturated heterocycles. The zero-order chi connectivity index (χ0) is 14.5. The molecule has 0 aromatic heterocycles. The number of hydrogen-bond acceptors (Lipinski definition) is 4. The molecule has 4 nitrogen and oxygen atoms in total. The lowest BCUT2D eigenvalue weighted by Gasteiger charge is -2.35. The first-order valence-electron chi connectivity index (χ1n) is 7.03.